The first-order chi connectivity index (χ1) is 9.31. The Kier molecular flexibility index (Phi) is 15.6. The molecule has 1 atom stereocenters. The maximum absolute atomic E-state index is 2.45. The molecule has 0 saturated carbocycles. The second-order valence-electron chi connectivity index (χ2n) is 6.18. The zero-order valence-electron chi connectivity index (χ0n) is 13.9. The first-order valence-corrected chi connectivity index (χ1v) is 8.96. The van der Waals surface area contributed by atoms with Crippen molar-refractivity contribution in [1.29, 1.82) is 0 Å². The highest BCUT2D eigenvalue weighted by molar-refractivity contribution is 4.79. The van der Waals surface area contributed by atoms with E-state index >= 15 is 0 Å². The van der Waals surface area contributed by atoms with E-state index in [1.165, 1.54) is 83.5 Å². The molecule has 1 unspecified atom stereocenters. The van der Waals surface area contributed by atoms with Crippen molar-refractivity contribution in [2.45, 2.75) is 104 Å². The lowest BCUT2D eigenvalue weighted by Gasteiger charge is -2.10. The summed E-state index contributed by atoms with van der Waals surface area (Å²) in [7, 11) is 0. The van der Waals surface area contributed by atoms with Crippen molar-refractivity contribution < 1.29 is 0 Å². The predicted molar refractivity (Wildman–Crippen MR) is 89.7 cm³/mol. The summed E-state index contributed by atoms with van der Waals surface area (Å²) in [5, 5.41) is 0. The predicted octanol–water partition coefficient (Wildman–Crippen LogP) is 7.29. The molecule has 0 aromatic carbocycles. The van der Waals surface area contributed by atoms with Crippen LogP contribution in [0.15, 0.2) is 12.2 Å². The molecule has 0 aliphatic rings. The summed E-state index contributed by atoms with van der Waals surface area (Å²) in [5.74, 6) is 0.962. The molecule has 0 bridgehead atoms. The Morgan fingerprint density at radius 2 is 1.26 bits per heavy atom. The van der Waals surface area contributed by atoms with Crippen molar-refractivity contribution in [3.8, 4) is 0 Å². The van der Waals surface area contributed by atoms with Crippen LogP contribution in [-0.2, 0) is 0 Å². The Labute approximate surface area is 123 Å². The minimum Gasteiger partial charge on any atom is -0.0888 e. The van der Waals surface area contributed by atoms with Gasteiger partial charge in [0, 0.05) is 0 Å². The molecule has 0 N–H and O–H groups in total. The Balaban J connectivity index is 3.14. The number of rotatable bonds is 14. The first-order valence-electron chi connectivity index (χ1n) is 8.96. The molecule has 0 fully saturated rings. The van der Waals surface area contributed by atoms with Gasteiger partial charge in [-0.2, -0.15) is 0 Å². The summed E-state index contributed by atoms with van der Waals surface area (Å²) in [6.07, 6.45) is 22.9. The van der Waals surface area contributed by atoms with E-state index in [0.717, 1.165) is 5.92 Å². The van der Waals surface area contributed by atoms with Gasteiger partial charge in [0.15, 0.2) is 0 Å². The maximum Gasteiger partial charge on any atom is -0.0351 e. The van der Waals surface area contributed by atoms with Crippen LogP contribution in [0.5, 0.6) is 0 Å². The van der Waals surface area contributed by atoms with Gasteiger partial charge in [-0.1, -0.05) is 97.1 Å². The number of hydrogen-bond acceptors (Lipinski definition) is 0. The standard InChI is InChI=1S/C19H38/c1-4-6-8-10-11-12-13-14-16-18-19(3)17-15-9-7-5-2/h6,8,19H,4-5,7,9-18H2,1-3H3. The molecule has 0 aliphatic carbocycles. The minimum absolute atomic E-state index is 0.962. The van der Waals surface area contributed by atoms with Gasteiger partial charge < -0.3 is 0 Å². The normalized spacial score (nSPS) is 13.2. The molecule has 0 amide bonds. The van der Waals surface area contributed by atoms with Crippen LogP contribution in [0, 0.1) is 5.92 Å². The highest BCUT2D eigenvalue weighted by Crippen LogP contribution is 2.17. The molecule has 0 saturated heterocycles. The SMILES string of the molecule is CCC=CCCCCCCCC(C)CCCCCC. The molecule has 114 valence electrons. The molecular formula is C19H38. The van der Waals surface area contributed by atoms with E-state index < -0.39 is 0 Å². The fourth-order valence-corrected chi connectivity index (χ4v) is 2.63. The van der Waals surface area contributed by atoms with Crippen LogP contribution in [-0.4, -0.2) is 0 Å². The van der Waals surface area contributed by atoms with Gasteiger partial charge in [0.1, 0.15) is 0 Å². The zero-order valence-corrected chi connectivity index (χ0v) is 13.9. The molecule has 0 nitrogen and oxygen atoms in total. The smallest absolute Gasteiger partial charge is 0.0351 e. The number of hydrogen-bond donors (Lipinski definition) is 0. The van der Waals surface area contributed by atoms with Gasteiger partial charge in [-0.25, -0.2) is 0 Å². The van der Waals surface area contributed by atoms with Crippen molar-refractivity contribution in [3.05, 3.63) is 12.2 Å². The Morgan fingerprint density at radius 3 is 1.89 bits per heavy atom. The summed E-state index contributed by atoms with van der Waals surface area (Å²) in [4.78, 5) is 0. The van der Waals surface area contributed by atoms with Crippen LogP contribution >= 0.6 is 0 Å². The average Bonchev–Trinajstić information content (AvgIpc) is 2.42. The van der Waals surface area contributed by atoms with E-state index in [-0.39, 0.29) is 0 Å². The monoisotopic (exact) mass is 266 g/mol. The minimum atomic E-state index is 0.962. The third kappa shape index (κ3) is 15.7. The van der Waals surface area contributed by atoms with Crippen LogP contribution < -0.4 is 0 Å². The van der Waals surface area contributed by atoms with Crippen LogP contribution in [0.2, 0.25) is 0 Å². The maximum atomic E-state index is 2.45. The molecule has 0 rings (SSSR count). The summed E-state index contributed by atoms with van der Waals surface area (Å²) in [5.41, 5.74) is 0. The molecule has 0 heterocycles. The van der Waals surface area contributed by atoms with Crippen LogP contribution in [0.3, 0.4) is 0 Å². The molecule has 19 heavy (non-hydrogen) atoms. The second-order valence-corrected chi connectivity index (χ2v) is 6.18. The molecule has 0 aromatic heterocycles. The lowest BCUT2D eigenvalue weighted by molar-refractivity contribution is 0.434. The van der Waals surface area contributed by atoms with Gasteiger partial charge in [0.2, 0.25) is 0 Å². The number of allylic oxidation sites excluding steroid dienone is 2. The molecule has 0 radical (unpaired) electrons. The topological polar surface area (TPSA) is 0 Å². The number of unbranched alkanes of at least 4 members (excludes halogenated alkanes) is 8. The van der Waals surface area contributed by atoms with Crippen LogP contribution in [0.25, 0.3) is 0 Å². The van der Waals surface area contributed by atoms with Crippen molar-refractivity contribution in [2.24, 2.45) is 5.92 Å². The van der Waals surface area contributed by atoms with E-state index in [4.69, 9.17) is 0 Å². The summed E-state index contributed by atoms with van der Waals surface area (Å²) < 4.78 is 0. The van der Waals surface area contributed by atoms with E-state index in [1.54, 1.807) is 0 Å². The third-order valence-electron chi connectivity index (χ3n) is 4.02. The molecular weight excluding hydrogens is 228 g/mol. The lowest BCUT2D eigenvalue weighted by atomic mass is 9.96. The molecule has 0 aliphatic heterocycles. The van der Waals surface area contributed by atoms with Crippen molar-refractivity contribution in [1.82, 2.24) is 0 Å². The van der Waals surface area contributed by atoms with E-state index in [2.05, 4.69) is 32.9 Å². The van der Waals surface area contributed by atoms with Crippen molar-refractivity contribution in [2.75, 3.05) is 0 Å². The van der Waals surface area contributed by atoms with Gasteiger partial charge in [-0.05, 0) is 25.2 Å². The summed E-state index contributed by atoms with van der Waals surface area (Å²) in [6, 6.07) is 0. The van der Waals surface area contributed by atoms with Gasteiger partial charge >= 0.3 is 0 Å². The Morgan fingerprint density at radius 1 is 0.684 bits per heavy atom. The fraction of sp³-hybridized carbons (Fsp3) is 0.895. The van der Waals surface area contributed by atoms with Crippen molar-refractivity contribution >= 4 is 0 Å². The second kappa shape index (κ2) is 15.8. The molecule has 0 aromatic rings. The third-order valence-corrected chi connectivity index (χ3v) is 4.02. The first kappa shape index (κ1) is 18.7. The highest BCUT2D eigenvalue weighted by Gasteiger charge is 2.01. The van der Waals surface area contributed by atoms with Gasteiger partial charge in [0.05, 0.1) is 0 Å². The van der Waals surface area contributed by atoms with Gasteiger partial charge in [0.25, 0.3) is 0 Å². The van der Waals surface area contributed by atoms with Crippen molar-refractivity contribution in [3.63, 3.8) is 0 Å². The summed E-state index contributed by atoms with van der Waals surface area (Å²) in [6.45, 7) is 6.95. The van der Waals surface area contributed by atoms with E-state index in [1.807, 2.05) is 0 Å². The van der Waals surface area contributed by atoms with Gasteiger partial charge in [-0.3, -0.25) is 0 Å². The molecule has 0 heteroatoms. The van der Waals surface area contributed by atoms with E-state index in [0.29, 0.717) is 0 Å². The quantitative estimate of drug-likeness (QED) is 0.229. The Bertz CT molecular complexity index is 180. The highest BCUT2D eigenvalue weighted by atomic mass is 14.1. The van der Waals surface area contributed by atoms with E-state index in [9.17, 15) is 0 Å². The fourth-order valence-electron chi connectivity index (χ4n) is 2.63. The lowest BCUT2D eigenvalue weighted by Crippen LogP contribution is -1.95. The molecule has 0 spiro atoms. The summed E-state index contributed by atoms with van der Waals surface area (Å²) >= 11 is 0. The van der Waals surface area contributed by atoms with Gasteiger partial charge in [-0.15, -0.1) is 0 Å². The van der Waals surface area contributed by atoms with Crippen LogP contribution in [0.4, 0.5) is 0 Å². The Hall–Kier alpha value is -0.260. The van der Waals surface area contributed by atoms with Crippen LogP contribution in [0.1, 0.15) is 104 Å². The average molecular weight is 267 g/mol. The zero-order chi connectivity index (χ0) is 14.2. The largest absolute Gasteiger partial charge is 0.0888 e.